The van der Waals surface area contributed by atoms with Crippen molar-refractivity contribution in [1.29, 1.82) is 0 Å². The monoisotopic (exact) mass is 336 g/mol. The third kappa shape index (κ3) is 2.68. The standard InChI is InChI=1S/C20H24N4O/c1-13-5-7-17(8-6-13)18-16(4)22-24-19(18)21-15(3)14(2)20(24)23-9-11-25-12-10-23/h5-8H,9-12H2,1-4H3. The maximum Gasteiger partial charge on any atom is 0.165 e. The molecule has 1 aliphatic rings. The van der Waals surface area contributed by atoms with Gasteiger partial charge in [0.2, 0.25) is 0 Å². The second-order valence-corrected chi connectivity index (χ2v) is 6.81. The number of rotatable bonds is 2. The van der Waals surface area contributed by atoms with Crippen LogP contribution in [0.2, 0.25) is 0 Å². The van der Waals surface area contributed by atoms with E-state index < -0.39 is 0 Å². The molecule has 0 aliphatic carbocycles. The Morgan fingerprint density at radius 3 is 2.28 bits per heavy atom. The average molecular weight is 336 g/mol. The highest BCUT2D eigenvalue weighted by molar-refractivity contribution is 5.81. The molecule has 0 N–H and O–H groups in total. The van der Waals surface area contributed by atoms with Crippen LogP contribution in [0.15, 0.2) is 24.3 Å². The first-order valence-corrected chi connectivity index (χ1v) is 8.82. The Hall–Kier alpha value is -2.40. The normalized spacial score (nSPS) is 15.1. The molecule has 0 amide bonds. The highest BCUT2D eigenvalue weighted by atomic mass is 16.5. The highest BCUT2D eigenvalue weighted by Gasteiger charge is 2.23. The first-order valence-electron chi connectivity index (χ1n) is 8.82. The van der Waals surface area contributed by atoms with Gasteiger partial charge in [-0.05, 0) is 33.3 Å². The van der Waals surface area contributed by atoms with E-state index in [1.54, 1.807) is 0 Å². The molecule has 4 rings (SSSR count). The number of morpholine rings is 1. The summed E-state index contributed by atoms with van der Waals surface area (Å²) in [4.78, 5) is 7.26. The average Bonchev–Trinajstić information content (AvgIpc) is 2.93. The Bertz CT molecular complexity index is 921. The molecule has 1 aliphatic heterocycles. The van der Waals surface area contributed by atoms with E-state index in [1.165, 1.54) is 16.7 Å². The molecule has 0 atom stereocenters. The van der Waals surface area contributed by atoms with E-state index in [9.17, 15) is 0 Å². The molecule has 2 aromatic heterocycles. The molecule has 3 aromatic rings. The minimum absolute atomic E-state index is 0.757. The van der Waals surface area contributed by atoms with E-state index >= 15 is 0 Å². The number of benzene rings is 1. The number of hydrogen-bond donors (Lipinski definition) is 0. The van der Waals surface area contributed by atoms with Gasteiger partial charge in [-0.3, -0.25) is 0 Å². The van der Waals surface area contributed by atoms with Crippen molar-refractivity contribution in [3.05, 3.63) is 46.8 Å². The van der Waals surface area contributed by atoms with Crippen molar-refractivity contribution in [2.24, 2.45) is 0 Å². The summed E-state index contributed by atoms with van der Waals surface area (Å²) in [6.07, 6.45) is 0. The summed E-state index contributed by atoms with van der Waals surface area (Å²) in [7, 11) is 0. The summed E-state index contributed by atoms with van der Waals surface area (Å²) in [5.74, 6) is 1.15. The molecule has 130 valence electrons. The Morgan fingerprint density at radius 2 is 1.60 bits per heavy atom. The van der Waals surface area contributed by atoms with Crippen molar-refractivity contribution < 1.29 is 4.74 Å². The lowest BCUT2D eigenvalue weighted by Crippen LogP contribution is -2.38. The number of aryl methyl sites for hydroxylation is 3. The van der Waals surface area contributed by atoms with Crippen molar-refractivity contribution in [3.63, 3.8) is 0 Å². The largest absolute Gasteiger partial charge is 0.378 e. The summed E-state index contributed by atoms with van der Waals surface area (Å²) in [5, 5.41) is 4.86. The van der Waals surface area contributed by atoms with Crippen LogP contribution in [-0.4, -0.2) is 40.9 Å². The zero-order chi connectivity index (χ0) is 17.6. The van der Waals surface area contributed by atoms with Crippen LogP contribution in [0.3, 0.4) is 0 Å². The first-order chi connectivity index (χ1) is 12.1. The van der Waals surface area contributed by atoms with E-state index in [0.29, 0.717) is 0 Å². The van der Waals surface area contributed by atoms with Gasteiger partial charge in [-0.25, -0.2) is 4.98 Å². The van der Waals surface area contributed by atoms with Gasteiger partial charge in [0.15, 0.2) is 5.65 Å². The van der Waals surface area contributed by atoms with Crippen LogP contribution in [0.1, 0.15) is 22.5 Å². The molecule has 1 aromatic carbocycles. The lowest BCUT2D eigenvalue weighted by molar-refractivity contribution is 0.122. The Labute approximate surface area is 148 Å². The Balaban J connectivity index is 1.96. The molecular formula is C20H24N4O. The number of nitrogens with zero attached hydrogens (tertiary/aromatic N) is 4. The third-order valence-electron chi connectivity index (χ3n) is 5.04. The van der Waals surface area contributed by atoms with Crippen molar-refractivity contribution in [3.8, 4) is 11.1 Å². The number of fused-ring (bicyclic) bond motifs is 1. The van der Waals surface area contributed by atoms with E-state index in [0.717, 1.165) is 54.7 Å². The van der Waals surface area contributed by atoms with Crippen LogP contribution >= 0.6 is 0 Å². The number of aromatic nitrogens is 3. The molecule has 5 heteroatoms. The van der Waals surface area contributed by atoms with Crippen LogP contribution < -0.4 is 4.90 Å². The summed E-state index contributed by atoms with van der Waals surface area (Å²) < 4.78 is 7.55. The van der Waals surface area contributed by atoms with E-state index in [-0.39, 0.29) is 0 Å². The molecule has 1 saturated heterocycles. The van der Waals surface area contributed by atoms with Gasteiger partial charge < -0.3 is 9.64 Å². The Morgan fingerprint density at radius 1 is 0.920 bits per heavy atom. The van der Waals surface area contributed by atoms with Crippen molar-refractivity contribution in [1.82, 2.24) is 14.6 Å². The summed E-state index contributed by atoms with van der Waals surface area (Å²) in [6, 6.07) is 8.60. The van der Waals surface area contributed by atoms with Crippen LogP contribution in [0.4, 0.5) is 5.82 Å². The summed E-state index contributed by atoms with van der Waals surface area (Å²) >= 11 is 0. The maximum absolute atomic E-state index is 5.53. The SMILES string of the molecule is Cc1ccc(-c2c(C)nn3c(N4CCOCC4)c(C)c(C)nc23)cc1. The van der Waals surface area contributed by atoms with Crippen molar-refractivity contribution in [2.75, 3.05) is 31.2 Å². The van der Waals surface area contributed by atoms with E-state index in [4.69, 9.17) is 14.8 Å². The van der Waals surface area contributed by atoms with Gasteiger partial charge in [0.05, 0.1) is 18.9 Å². The zero-order valence-electron chi connectivity index (χ0n) is 15.3. The first kappa shape index (κ1) is 16.1. The van der Waals surface area contributed by atoms with E-state index in [1.807, 2.05) is 4.52 Å². The molecule has 0 saturated carbocycles. The fraction of sp³-hybridized carbons (Fsp3) is 0.400. The molecule has 0 unspecified atom stereocenters. The molecule has 5 nitrogen and oxygen atoms in total. The Kier molecular flexibility index (Phi) is 3.96. The van der Waals surface area contributed by atoms with Gasteiger partial charge in [0.25, 0.3) is 0 Å². The predicted molar refractivity (Wildman–Crippen MR) is 100 cm³/mol. The molecule has 25 heavy (non-hydrogen) atoms. The number of ether oxygens (including phenoxy) is 1. The molecule has 0 spiro atoms. The van der Waals surface area contributed by atoms with Crippen LogP contribution in [0.25, 0.3) is 16.8 Å². The van der Waals surface area contributed by atoms with E-state index in [2.05, 4.69) is 56.9 Å². The smallest absolute Gasteiger partial charge is 0.165 e. The lowest BCUT2D eigenvalue weighted by Gasteiger charge is -2.30. The quantitative estimate of drug-likeness (QED) is 0.719. The summed E-state index contributed by atoms with van der Waals surface area (Å²) in [5.41, 5.74) is 7.74. The lowest BCUT2D eigenvalue weighted by atomic mass is 10.0. The predicted octanol–water partition coefficient (Wildman–Crippen LogP) is 3.47. The minimum atomic E-state index is 0.757. The number of hydrogen-bond acceptors (Lipinski definition) is 4. The van der Waals surface area contributed by atoms with Crippen LogP contribution in [-0.2, 0) is 4.74 Å². The minimum Gasteiger partial charge on any atom is -0.378 e. The van der Waals surface area contributed by atoms with Gasteiger partial charge >= 0.3 is 0 Å². The molecule has 0 radical (unpaired) electrons. The van der Waals surface area contributed by atoms with Gasteiger partial charge in [-0.2, -0.15) is 9.61 Å². The molecular weight excluding hydrogens is 312 g/mol. The zero-order valence-corrected chi connectivity index (χ0v) is 15.3. The fourth-order valence-corrected chi connectivity index (χ4v) is 3.53. The van der Waals surface area contributed by atoms with Crippen molar-refractivity contribution >= 4 is 11.5 Å². The second-order valence-electron chi connectivity index (χ2n) is 6.81. The maximum atomic E-state index is 5.53. The highest BCUT2D eigenvalue weighted by Crippen LogP contribution is 2.32. The van der Waals surface area contributed by atoms with Gasteiger partial charge in [0.1, 0.15) is 5.82 Å². The van der Waals surface area contributed by atoms with Crippen LogP contribution in [0.5, 0.6) is 0 Å². The fourth-order valence-electron chi connectivity index (χ4n) is 3.53. The molecule has 3 heterocycles. The van der Waals surface area contributed by atoms with Gasteiger partial charge in [-0.15, -0.1) is 0 Å². The van der Waals surface area contributed by atoms with Gasteiger partial charge in [0, 0.05) is 29.9 Å². The molecule has 0 bridgehead atoms. The number of anilines is 1. The third-order valence-corrected chi connectivity index (χ3v) is 5.04. The van der Waals surface area contributed by atoms with Crippen molar-refractivity contribution in [2.45, 2.75) is 27.7 Å². The summed E-state index contributed by atoms with van der Waals surface area (Å²) in [6.45, 7) is 11.7. The molecule has 1 fully saturated rings. The van der Waals surface area contributed by atoms with Crippen LogP contribution in [0, 0.1) is 27.7 Å². The van der Waals surface area contributed by atoms with Gasteiger partial charge in [-0.1, -0.05) is 29.8 Å². The second kappa shape index (κ2) is 6.15. The topological polar surface area (TPSA) is 42.7 Å².